The van der Waals surface area contributed by atoms with E-state index in [4.69, 9.17) is 9.47 Å². The first-order chi connectivity index (χ1) is 27.4. The first-order valence-corrected chi connectivity index (χ1v) is 19.0. The molecule has 2 heterocycles. The molecule has 0 fully saturated rings. The minimum absolute atomic E-state index is 0.0944. The molecular weight excluding hydrogens is 709 g/mol. The minimum atomic E-state index is -0.839. The fraction of sp³-hybridized carbons (Fsp3) is 0.273. The van der Waals surface area contributed by atoms with Gasteiger partial charge in [-0.2, -0.15) is 0 Å². The lowest BCUT2D eigenvalue weighted by Crippen LogP contribution is -2.48. The van der Waals surface area contributed by atoms with Crippen LogP contribution < -0.4 is 21.3 Å². The summed E-state index contributed by atoms with van der Waals surface area (Å²) in [7, 11) is 0. The van der Waals surface area contributed by atoms with Gasteiger partial charge in [0, 0.05) is 60.1 Å². The number of nitrogens with one attached hydrogen (secondary N) is 6. The average molecular weight is 757 g/mol. The Hall–Kier alpha value is -6.56. The number of benzene rings is 4. The summed E-state index contributed by atoms with van der Waals surface area (Å²) in [5.74, 6) is -0.592. The molecule has 4 amide bonds. The number of H-pyrrole nitrogens is 2. The maximum Gasteiger partial charge on any atom is 0.408 e. The Morgan fingerprint density at radius 1 is 0.500 bits per heavy atom. The van der Waals surface area contributed by atoms with E-state index in [2.05, 4.69) is 31.2 Å². The zero-order valence-corrected chi connectivity index (χ0v) is 31.2. The number of aromatic amines is 2. The molecule has 2 aromatic heterocycles. The third-order valence-electron chi connectivity index (χ3n) is 9.54. The largest absolute Gasteiger partial charge is 0.445 e. The van der Waals surface area contributed by atoms with Crippen LogP contribution in [0.15, 0.2) is 122 Å². The molecule has 6 rings (SSSR count). The lowest BCUT2D eigenvalue weighted by molar-refractivity contribution is -0.123. The van der Waals surface area contributed by atoms with Crippen LogP contribution in [-0.4, -0.2) is 59.1 Å². The number of amides is 4. The molecule has 0 aliphatic heterocycles. The standard InChI is InChI=1S/C44H48N6O6/c51-41(39(25-33-27-47-37-21-11-9-19-35(33)37)49-43(53)55-29-31-15-5-3-6-16-31)45-23-13-1-2-14-24-46-42(52)40(26-34-28-48-38-22-12-10-20-36(34)38)50-44(54)56-30-32-17-7-4-8-18-32/h3-12,15-22,27-28,39-40,47-48H,1-2,13-14,23-26,29-30H2,(H,45,51)(H,46,52)(H,49,53)(H,50,54). The molecule has 0 radical (unpaired) electrons. The lowest BCUT2D eigenvalue weighted by atomic mass is 10.0. The summed E-state index contributed by atoms with van der Waals surface area (Å²) in [5.41, 5.74) is 5.42. The molecule has 0 saturated heterocycles. The third-order valence-corrected chi connectivity index (χ3v) is 9.54. The van der Waals surface area contributed by atoms with Crippen molar-refractivity contribution in [2.75, 3.05) is 13.1 Å². The zero-order valence-electron chi connectivity index (χ0n) is 31.2. The Morgan fingerprint density at radius 3 is 1.32 bits per heavy atom. The van der Waals surface area contributed by atoms with E-state index in [0.717, 1.165) is 69.7 Å². The SMILES string of the molecule is O=C(NC(Cc1c[nH]c2ccccc12)C(=O)NCCCCCCNC(=O)C(Cc1c[nH]c2ccccc12)NC(=O)OCc1ccccc1)OCc1ccccc1. The number of aromatic nitrogens is 2. The topological polar surface area (TPSA) is 166 Å². The predicted molar refractivity (Wildman–Crippen MR) is 216 cm³/mol. The van der Waals surface area contributed by atoms with Crippen molar-refractivity contribution in [1.29, 1.82) is 0 Å². The van der Waals surface area contributed by atoms with Gasteiger partial charge in [0.1, 0.15) is 25.3 Å². The monoisotopic (exact) mass is 756 g/mol. The number of para-hydroxylation sites is 2. The fourth-order valence-corrected chi connectivity index (χ4v) is 6.55. The fourth-order valence-electron chi connectivity index (χ4n) is 6.55. The van der Waals surface area contributed by atoms with Crippen LogP contribution in [0.5, 0.6) is 0 Å². The Balaban J connectivity index is 0.947. The number of hydrogen-bond acceptors (Lipinski definition) is 6. The molecule has 12 heteroatoms. The van der Waals surface area contributed by atoms with Crippen molar-refractivity contribution in [2.45, 2.75) is 63.8 Å². The summed E-state index contributed by atoms with van der Waals surface area (Å²) >= 11 is 0. The van der Waals surface area contributed by atoms with E-state index in [1.165, 1.54) is 0 Å². The van der Waals surface area contributed by atoms with E-state index in [-0.39, 0.29) is 37.9 Å². The number of carbonyl (C=O) groups excluding carboxylic acids is 4. The van der Waals surface area contributed by atoms with Crippen LogP contribution in [0.1, 0.15) is 47.9 Å². The quantitative estimate of drug-likeness (QED) is 0.0497. The number of hydrogen-bond donors (Lipinski definition) is 6. The average Bonchev–Trinajstić information content (AvgIpc) is 3.84. The number of unbranched alkanes of at least 4 members (excludes halogenated alkanes) is 3. The summed E-state index contributed by atoms with van der Waals surface area (Å²) in [6.45, 7) is 1.05. The van der Waals surface area contributed by atoms with Gasteiger partial charge in [0.2, 0.25) is 11.8 Å². The van der Waals surface area contributed by atoms with Crippen LogP contribution in [0, 0.1) is 0 Å². The van der Waals surface area contributed by atoms with Crippen molar-refractivity contribution in [2.24, 2.45) is 0 Å². The molecule has 6 N–H and O–H groups in total. The highest BCUT2D eigenvalue weighted by molar-refractivity contribution is 5.89. The number of carbonyl (C=O) groups is 4. The molecule has 4 aromatic carbocycles. The highest BCUT2D eigenvalue weighted by atomic mass is 16.6. The second kappa shape index (κ2) is 20.2. The van der Waals surface area contributed by atoms with Gasteiger partial charge in [-0.15, -0.1) is 0 Å². The maximum atomic E-state index is 13.4. The van der Waals surface area contributed by atoms with Gasteiger partial charge < -0.3 is 40.7 Å². The first-order valence-electron chi connectivity index (χ1n) is 19.0. The molecule has 2 unspecified atom stereocenters. The van der Waals surface area contributed by atoms with Gasteiger partial charge in [0.15, 0.2) is 0 Å². The van der Waals surface area contributed by atoms with Crippen molar-refractivity contribution in [3.05, 3.63) is 144 Å². The Morgan fingerprint density at radius 2 is 0.893 bits per heavy atom. The highest BCUT2D eigenvalue weighted by Crippen LogP contribution is 2.21. The van der Waals surface area contributed by atoms with Crippen molar-refractivity contribution < 1.29 is 28.7 Å². The minimum Gasteiger partial charge on any atom is -0.445 e. The summed E-state index contributed by atoms with van der Waals surface area (Å²) in [6, 6.07) is 32.7. The molecule has 0 aliphatic carbocycles. The van der Waals surface area contributed by atoms with Gasteiger partial charge >= 0.3 is 12.2 Å². The van der Waals surface area contributed by atoms with Crippen molar-refractivity contribution >= 4 is 45.8 Å². The maximum absolute atomic E-state index is 13.4. The Labute approximate surface area is 325 Å². The summed E-state index contributed by atoms with van der Waals surface area (Å²) < 4.78 is 10.8. The summed E-state index contributed by atoms with van der Waals surface area (Å²) in [6.07, 6.45) is 6.03. The molecule has 0 spiro atoms. The molecule has 0 aliphatic rings. The molecule has 0 bridgehead atoms. The predicted octanol–water partition coefficient (Wildman–Crippen LogP) is 6.82. The number of rotatable bonds is 19. The molecule has 12 nitrogen and oxygen atoms in total. The molecular formula is C44H48N6O6. The van der Waals surface area contributed by atoms with E-state index in [9.17, 15) is 19.2 Å². The second-order valence-electron chi connectivity index (χ2n) is 13.6. The van der Waals surface area contributed by atoms with E-state index in [1.807, 2.05) is 122 Å². The van der Waals surface area contributed by atoms with Gasteiger partial charge in [-0.05, 0) is 47.2 Å². The van der Waals surface area contributed by atoms with Crippen LogP contribution in [-0.2, 0) is 45.1 Å². The third kappa shape index (κ3) is 11.5. The normalized spacial score (nSPS) is 12.1. The van der Waals surface area contributed by atoms with Crippen molar-refractivity contribution in [3.63, 3.8) is 0 Å². The van der Waals surface area contributed by atoms with Crippen LogP contribution >= 0.6 is 0 Å². The van der Waals surface area contributed by atoms with E-state index in [1.54, 1.807) is 0 Å². The van der Waals surface area contributed by atoms with Crippen LogP contribution in [0.2, 0.25) is 0 Å². The number of fused-ring (bicyclic) bond motifs is 2. The van der Waals surface area contributed by atoms with E-state index < -0.39 is 24.3 Å². The smallest absolute Gasteiger partial charge is 0.408 e. The summed E-state index contributed by atoms with van der Waals surface area (Å²) in [5, 5.41) is 13.4. The lowest BCUT2D eigenvalue weighted by Gasteiger charge is -2.19. The van der Waals surface area contributed by atoms with Gasteiger partial charge in [0.05, 0.1) is 0 Å². The highest BCUT2D eigenvalue weighted by Gasteiger charge is 2.25. The Kier molecular flexibility index (Phi) is 14.1. The van der Waals surface area contributed by atoms with E-state index in [0.29, 0.717) is 13.1 Å². The molecule has 0 saturated carbocycles. The van der Waals surface area contributed by atoms with Crippen molar-refractivity contribution in [1.82, 2.24) is 31.2 Å². The van der Waals surface area contributed by atoms with Crippen LogP contribution in [0.25, 0.3) is 21.8 Å². The molecule has 290 valence electrons. The first kappa shape index (κ1) is 39.1. The van der Waals surface area contributed by atoms with Gasteiger partial charge in [0.25, 0.3) is 0 Å². The molecule has 6 aromatic rings. The van der Waals surface area contributed by atoms with E-state index >= 15 is 0 Å². The van der Waals surface area contributed by atoms with Gasteiger partial charge in [-0.25, -0.2) is 9.59 Å². The second-order valence-corrected chi connectivity index (χ2v) is 13.6. The van der Waals surface area contributed by atoms with Crippen molar-refractivity contribution in [3.8, 4) is 0 Å². The van der Waals surface area contributed by atoms with Crippen LogP contribution in [0.4, 0.5) is 9.59 Å². The number of alkyl carbamates (subject to hydrolysis) is 2. The zero-order chi connectivity index (χ0) is 39.0. The summed E-state index contributed by atoms with van der Waals surface area (Å²) in [4.78, 5) is 58.8. The molecule has 2 atom stereocenters. The number of ether oxygens (including phenoxy) is 2. The van der Waals surface area contributed by atoms with Gasteiger partial charge in [-0.1, -0.05) is 110 Å². The van der Waals surface area contributed by atoms with Gasteiger partial charge in [-0.3, -0.25) is 9.59 Å². The molecule has 56 heavy (non-hydrogen) atoms. The Bertz CT molecular complexity index is 2030. The van der Waals surface area contributed by atoms with Crippen LogP contribution in [0.3, 0.4) is 0 Å².